The summed E-state index contributed by atoms with van der Waals surface area (Å²) in [4.78, 5) is 12.3. The van der Waals surface area contributed by atoms with Crippen molar-refractivity contribution in [2.24, 2.45) is 11.8 Å². The molecule has 1 saturated heterocycles. The minimum absolute atomic E-state index is 0.0397. The Morgan fingerprint density at radius 2 is 2.00 bits per heavy atom. The molecule has 0 radical (unpaired) electrons. The van der Waals surface area contributed by atoms with Crippen LogP contribution in [0.5, 0.6) is 5.75 Å². The van der Waals surface area contributed by atoms with Crippen LogP contribution in [0.25, 0.3) is 0 Å². The number of Topliss-reactive ketones (excluding diaryl/α,β-unsaturated/α-hetero) is 1. The van der Waals surface area contributed by atoms with E-state index in [1.54, 1.807) is 0 Å². The number of rotatable bonds is 3. The minimum atomic E-state index is -0.874. The second-order valence-electron chi connectivity index (χ2n) is 4.78. The first kappa shape index (κ1) is 13.9. The van der Waals surface area contributed by atoms with Crippen molar-refractivity contribution >= 4 is 5.78 Å². The summed E-state index contributed by atoms with van der Waals surface area (Å²) in [6.07, 6.45) is 0.491. The third-order valence-corrected chi connectivity index (χ3v) is 3.48. The van der Waals surface area contributed by atoms with Crippen LogP contribution >= 0.6 is 0 Å². The van der Waals surface area contributed by atoms with Gasteiger partial charge in [0.2, 0.25) is 0 Å². The summed E-state index contributed by atoms with van der Waals surface area (Å²) in [6, 6.07) is 2.06. The normalized spacial score (nSPS) is 23.2. The van der Waals surface area contributed by atoms with Crippen LogP contribution in [0, 0.1) is 23.5 Å². The molecule has 1 aliphatic heterocycles. The zero-order chi connectivity index (χ0) is 14.0. The van der Waals surface area contributed by atoms with Gasteiger partial charge in [-0.2, -0.15) is 0 Å². The summed E-state index contributed by atoms with van der Waals surface area (Å²) in [5.41, 5.74) is -0.473. The number of hydrogen-bond donors (Lipinski definition) is 0. The maximum absolute atomic E-state index is 13.9. The lowest BCUT2D eigenvalue weighted by Crippen LogP contribution is -2.32. The van der Waals surface area contributed by atoms with Crippen LogP contribution < -0.4 is 4.74 Å². The van der Waals surface area contributed by atoms with Crippen LogP contribution in [0.1, 0.15) is 23.7 Å². The first-order chi connectivity index (χ1) is 9.04. The smallest absolute Gasteiger partial charge is 0.172 e. The van der Waals surface area contributed by atoms with Crippen molar-refractivity contribution in [3.8, 4) is 5.75 Å². The molecule has 1 aromatic rings. The predicted molar refractivity (Wildman–Crippen MR) is 65.3 cm³/mol. The van der Waals surface area contributed by atoms with Crippen molar-refractivity contribution in [3.63, 3.8) is 0 Å². The molecule has 1 aliphatic rings. The molecule has 0 aliphatic carbocycles. The van der Waals surface area contributed by atoms with E-state index < -0.39 is 28.9 Å². The SMILES string of the molecule is COc1cc(F)c(C(=O)C2CCOCC2C)c(F)c1. The minimum Gasteiger partial charge on any atom is -0.497 e. The van der Waals surface area contributed by atoms with Gasteiger partial charge in [0.25, 0.3) is 0 Å². The molecular weight excluding hydrogens is 254 g/mol. The van der Waals surface area contributed by atoms with Gasteiger partial charge in [0.05, 0.1) is 12.7 Å². The lowest BCUT2D eigenvalue weighted by atomic mass is 9.83. The Kier molecular flexibility index (Phi) is 4.14. The van der Waals surface area contributed by atoms with Crippen LogP contribution in [-0.4, -0.2) is 26.1 Å². The van der Waals surface area contributed by atoms with Gasteiger partial charge in [-0.25, -0.2) is 8.78 Å². The summed E-state index contributed by atoms with van der Waals surface area (Å²) in [5, 5.41) is 0. The van der Waals surface area contributed by atoms with Crippen molar-refractivity contribution in [2.45, 2.75) is 13.3 Å². The third kappa shape index (κ3) is 2.76. The quantitative estimate of drug-likeness (QED) is 0.792. The van der Waals surface area contributed by atoms with Gasteiger partial charge in [0.1, 0.15) is 17.4 Å². The summed E-state index contributed by atoms with van der Waals surface area (Å²) in [7, 11) is 1.32. The van der Waals surface area contributed by atoms with E-state index in [-0.39, 0.29) is 11.7 Å². The van der Waals surface area contributed by atoms with E-state index in [1.807, 2.05) is 6.92 Å². The molecule has 19 heavy (non-hydrogen) atoms. The Morgan fingerprint density at radius 1 is 1.37 bits per heavy atom. The molecule has 0 amide bonds. The molecule has 5 heteroatoms. The van der Waals surface area contributed by atoms with Gasteiger partial charge in [0.15, 0.2) is 5.78 Å². The molecule has 2 unspecified atom stereocenters. The second kappa shape index (κ2) is 5.65. The van der Waals surface area contributed by atoms with Crippen molar-refractivity contribution in [2.75, 3.05) is 20.3 Å². The molecule has 104 valence electrons. The third-order valence-electron chi connectivity index (χ3n) is 3.48. The molecule has 2 atom stereocenters. The summed E-state index contributed by atoms with van der Waals surface area (Å²) in [6.45, 7) is 2.73. The number of halogens is 2. The highest BCUT2D eigenvalue weighted by molar-refractivity contribution is 5.98. The van der Waals surface area contributed by atoms with E-state index in [0.29, 0.717) is 19.6 Å². The van der Waals surface area contributed by atoms with Gasteiger partial charge in [0, 0.05) is 31.3 Å². The number of ketones is 1. The first-order valence-corrected chi connectivity index (χ1v) is 6.19. The average Bonchev–Trinajstić information content (AvgIpc) is 2.38. The van der Waals surface area contributed by atoms with Gasteiger partial charge >= 0.3 is 0 Å². The molecule has 0 N–H and O–H groups in total. The maximum atomic E-state index is 13.9. The van der Waals surface area contributed by atoms with Crippen LogP contribution in [-0.2, 0) is 4.74 Å². The number of carbonyl (C=O) groups is 1. The first-order valence-electron chi connectivity index (χ1n) is 6.19. The predicted octanol–water partition coefficient (Wildman–Crippen LogP) is 2.83. The number of hydrogen-bond acceptors (Lipinski definition) is 3. The zero-order valence-corrected chi connectivity index (χ0v) is 10.9. The number of ether oxygens (including phenoxy) is 2. The van der Waals surface area contributed by atoms with Crippen LogP contribution in [0.15, 0.2) is 12.1 Å². The van der Waals surface area contributed by atoms with Crippen molar-refractivity contribution in [1.29, 1.82) is 0 Å². The van der Waals surface area contributed by atoms with E-state index in [9.17, 15) is 13.6 Å². The standard InChI is InChI=1S/C14H16F2O3/c1-8-7-19-4-3-10(8)14(17)13-11(15)5-9(18-2)6-12(13)16/h5-6,8,10H,3-4,7H2,1-2H3. The van der Waals surface area contributed by atoms with E-state index in [2.05, 4.69) is 0 Å². The molecule has 0 bridgehead atoms. The monoisotopic (exact) mass is 270 g/mol. The van der Waals surface area contributed by atoms with Gasteiger partial charge < -0.3 is 9.47 Å². The Bertz CT molecular complexity index is 465. The van der Waals surface area contributed by atoms with Crippen molar-refractivity contribution in [1.82, 2.24) is 0 Å². The molecule has 1 aromatic carbocycles. The number of methoxy groups -OCH3 is 1. The molecule has 0 spiro atoms. The van der Waals surface area contributed by atoms with Gasteiger partial charge in [-0.05, 0) is 12.3 Å². The summed E-state index contributed by atoms with van der Waals surface area (Å²) in [5.74, 6) is -2.62. The molecule has 1 heterocycles. The number of carbonyl (C=O) groups excluding carboxylic acids is 1. The van der Waals surface area contributed by atoms with Crippen LogP contribution in [0.4, 0.5) is 8.78 Å². The van der Waals surface area contributed by atoms with Crippen molar-refractivity contribution in [3.05, 3.63) is 29.3 Å². The highest BCUT2D eigenvalue weighted by atomic mass is 19.1. The summed E-state index contributed by atoms with van der Waals surface area (Å²) >= 11 is 0. The van der Waals surface area contributed by atoms with Gasteiger partial charge in [-0.3, -0.25) is 4.79 Å². The van der Waals surface area contributed by atoms with E-state index in [0.717, 1.165) is 12.1 Å². The Labute approximate surface area is 110 Å². The van der Waals surface area contributed by atoms with Gasteiger partial charge in [-0.1, -0.05) is 6.92 Å². The highest BCUT2D eigenvalue weighted by Crippen LogP contribution is 2.29. The van der Waals surface area contributed by atoms with Gasteiger partial charge in [-0.15, -0.1) is 0 Å². The maximum Gasteiger partial charge on any atom is 0.172 e. The molecule has 0 saturated carbocycles. The average molecular weight is 270 g/mol. The van der Waals surface area contributed by atoms with E-state index >= 15 is 0 Å². The topological polar surface area (TPSA) is 35.5 Å². The lowest BCUT2D eigenvalue weighted by molar-refractivity contribution is 0.0237. The highest BCUT2D eigenvalue weighted by Gasteiger charge is 2.32. The molecule has 3 nitrogen and oxygen atoms in total. The number of benzene rings is 1. The van der Waals surface area contributed by atoms with E-state index in [1.165, 1.54) is 7.11 Å². The fourth-order valence-corrected chi connectivity index (χ4v) is 2.36. The molecule has 2 rings (SSSR count). The fourth-order valence-electron chi connectivity index (χ4n) is 2.36. The molecule has 0 aromatic heterocycles. The van der Waals surface area contributed by atoms with Crippen molar-refractivity contribution < 1.29 is 23.0 Å². The second-order valence-corrected chi connectivity index (χ2v) is 4.78. The Morgan fingerprint density at radius 3 is 2.53 bits per heavy atom. The zero-order valence-electron chi connectivity index (χ0n) is 10.9. The van der Waals surface area contributed by atoms with E-state index in [4.69, 9.17) is 9.47 Å². The summed E-state index contributed by atoms with van der Waals surface area (Å²) < 4.78 is 37.7. The Balaban J connectivity index is 2.33. The van der Waals surface area contributed by atoms with Crippen LogP contribution in [0.3, 0.4) is 0 Å². The Hall–Kier alpha value is -1.49. The molecule has 1 fully saturated rings. The lowest BCUT2D eigenvalue weighted by Gasteiger charge is -2.27. The largest absolute Gasteiger partial charge is 0.497 e. The van der Waals surface area contributed by atoms with Crippen LogP contribution in [0.2, 0.25) is 0 Å². The molecular formula is C14H16F2O3. The fraction of sp³-hybridized carbons (Fsp3) is 0.500.